The third-order valence-corrected chi connectivity index (χ3v) is 3.88. The molecule has 1 aromatic heterocycles. The number of amides is 1. The predicted octanol–water partition coefficient (Wildman–Crippen LogP) is 1.37. The molecule has 21 heavy (non-hydrogen) atoms. The number of carbonyl (C=O) groups is 1. The standard InChI is InChI=1S/C16H20N4O/c1-17-9-7-16(21)19-10-8-15-13(12-19)11-18-20(15)14-5-3-2-4-6-14/h2-6,11,17H,7-10,12H2,1H3. The van der Waals surface area contributed by atoms with Gasteiger partial charge < -0.3 is 10.2 Å². The van der Waals surface area contributed by atoms with Crippen LogP contribution in [0.4, 0.5) is 0 Å². The molecule has 0 fully saturated rings. The fraction of sp³-hybridized carbons (Fsp3) is 0.375. The third-order valence-electron chi connectivity index (χ3n) is 3.88. The summed E-state index contributed by atoms with van der Waals surface area (Å²) >= 11 is 0. The van der Waals surface area contributed by atoms with E-state index in [0.717, 1.165) is 30.8 Å². The molecule has 1 N–H and O–H groups in total. The Morgan fingerprint density at radius 3 is 2.90 bits per heavy atom. The van der Waals surface area contributed by atoms with Crippen LogP contribution in [0.15, 0.2) is 36.5 Å². The van der Waals surface area contributed by atoms with Crippen molar-refractivity contribution in [1.82, 2.24) is 20.0 Å². The van der Waals surface area contributed by atoms with E-state index in [1.54, 1.807) is 0 Å². The lowest BCUT2D eigenvalue weighted by Gasteiger charge is -2.27. The number of aromatic nitrogens is 2. The van der Waals surface area contributed by atoms with Gasteiger partial charge in [-0.25, -0.2) is 4.68 Å². The van der Waals surface area contributed by atoms with Crippen molar-refractivity contribution in [3.8, 4) is 5.69 Å². The molecular weight excluding hydrogens is 264 g/mol. The van der Waals surface area contributed by atoms with Gasteiger partial charge in [0, 0.05) is 38.0 Å². The van der Waals surface area contributed by atoms with Crippen LogP contribution in [-0.4, -0.2) is 40.7 Å². The maximum Gasteiger partial charge on any atom is 0.224 e. The molecule has 1 aliphatic rings. The molecule has 0 spiro atoms. The summed E-state index contributed by atoms with van der Waals surface area (Å²) in [6.45, 7) is 2.17. The van der Waals surface area contributed by atoms with Crippen molar-refractivity contribution in [3.05, 3.63) is 47.8 Å². The summed E-state index contributed by atoms with van der Waals surface area (Å²) in [6, 6.07) is 10.1. The molecule has 1 amide bonds. The van der Waals surface area contributed by atoms with Gasteiger partial charge in [-0.3, -0.25) is 4.79 Å². The highest BCUT2D eigenvalue weighted by atomic mass is 16.2. The van der Waals surface area contributed by atoms with Crippen molar-refractivity contribution in [2.24, 2.45) is 0 Å². The Morgan fingerprint density at radius 1 is 1.33 bits per heavy atom. The number of benzene rings is 1. The smallest absolute Gasteiger partial charge is 0.224 e. The van der Waals surface area contributed by atoms with E-state index in [4.69, 9.17) is 0 Å². The highest BCUT2D eigenvalue weighted by Gasteiger charge is 2.23. The van der Waals surface area contributed by atoms with Crippen molar-refractivity contribution in [2.75, 3.05) is 20.1 Å². The lowest BCUT2D eigenvalue weighted by Crippen LogP contribution is -2.37. The van der Waals surface area contributed by atoms with Crippen LogP contribution in [0.3, 0.4) is 0 Å². The summed E-state index contributed by atoms with van der Waals surface area (Å²) in [5, 5.41) is 7.51. The fourth-order valence-corrected chi connectivity index (χ4v) is 2.73. The Labute approximate surface area is 124 Å². The third kappa shape index (κ3) is 2.83. The van der Waals surface area contributed by atoms with Crippen LogP contribution in [-0.2, 0) is 17.8 Å². The van der Waals surface area contributed by atoms with Crippen molar-refractivity contribution in [1.29, 1.82) is 0 Å². The molecule has 1 aromatic carbocycles. The molecule has 2 heterocycles. The number of fused-ring (bicyclic) bond motifs is 1. The fourth-order valence-electron chi connectivity index (χ4n) is 2.73. The van der Waals surface area contributed by atoms with E-state index in [-0.39, 0.29) is 5.91 Å². The van der Waals surface area contributed by atoms with Gasteiger partial charge in [-0.2, -0.15) is 5.10 Å². The number of rotatable bonds is 4. The summed E-state index contributed by atoms with van der Waals surface area (Å²) < 4.78 is 1.99. The molecule has 5 nitrogen and oxygen atoms in total. The van der Waals surface area contributed by atoms with Crippen LogP contribution >= 0.6 is 0 Å². The minimum absolute atomic E-state index is 0.211. The van der Waals surface area contributed by atoms with E-state index >= 15 is 0 Å². The first-order valence-corrected chi connectivity index (χ1v) is 7.33. The minimum atomic E-state index is 0.211. The Bertz CT molecular complexity index is 620. The normalized spacial score (nSPS) is 14.0. The Morgan fingerprint density at radius 2 is 2.14 bits per heavy atom. The van der Waals surface area contributed by atoms with Gasteiger partial charge in [-0.05, 0) is 19.2 Å². The number of hydrogen-bond acceptors (Lipinski definition) is 3. The van der Waals surface area contributed by atoms with Crippen molar-refractivity contribution < 1.29 is 4.79 Å². The molecule has 2 aromatic rings. The summed E-state index contributed by atoms with van der Waals surface area (Å²) in [5.74, 6) is 0.211. The zero-order valence-corrected chi connectivity index (χ0v) is 12.2. The van der Waals surface area contributed by atoms with Gasteiger partial charge in [-0.15, -0.1) is 0 Å². The van der Waals surface area contributed by atoms with E-state index in [2.05, 4.69) is 22.5 Å². The molecule has 0 aliphatic carbocycles. The van der Waals surface area contributed by atoms with Crippen LogP contribution in [0.25, 0.3) is 5.69 Å². The summed E-state index contributed by atoms with van der Waals surface area (Å²) in [4.78, 5) is 14.0. The number of hydrogen-bond donors (Lipinski definition) is 1. The van der Waals surface area contributed by atoms with Crippen molar-refractivity contribution in [3.63, 3.8) is 0 Å². The van der Waals surface area contributed by atoms with Gasteiger partial charge in [0.25, 0.3) is 0 Å². The highest BCUT2D eigenvalue weighted by molar-refractivity contribution is 5.76. The zero-order valence-electron chi connectivity index (χ0n) is 12.2. The molecule has 1 aliphatic heterocycles. The summed E-state index contributed by atoms with van der Waals surface area (Å²) in [7, 11) is 1.87. The second kappa shape index (κ2) is 6.10. The number of para-hydroxylation sites is 1. The first-order chi connectivity index (χ1) is 10.3. The molecule has 0 saturated heterocycles. The quantitative estimate of drug-likeness (QED) is 0.922. The Hall–Kier alpha value is -2.14. The van der Waals surface area contributed by atoms with Crippen LogP contribution < -0.4 is 5.32 Å². The topological polar surface area (TPSA) is 50.2 Å². The highest BCUT2D eigenvalue weighted by Crippen LogP contribution is 2.22. The van der Waals surface area contributed by atoms with E-state index < -0.39 is 0 Å². The SMILES string of the molecule is CNCCC(=O)N1CCc2c(cnn2-c2ccccc2)C1. The van der Waals surface area contributed by atoms with Gasteiger partial charge in [0.05, 0.1) is 17.6 Å². The maximum absolute atomic E-state index is 12.1. The maximum atomic E-state index is 12.1. The van der Waals surface area contributed by atoms with Gasteiger partial charge >= 0.3 is 0 Å². The Balaban J connectivity index is 1.77. The average Bonchev–Trinajstić information content (AvgIpc) is 2.96. The monoisotopic (exact) mass is 284 g/mol. The van der Waals surface area contributed by atoms with E-state index in [9.17, 15) is 4.79 Å². The lowest BCUT2D eigenvalue weighted by molar-refractivity contribution is -0.132. The van der Waals surface area contributed by atoms with Crippen LogP contribution in [0.1, 0.15) is 17.7 Å². The second-order valence-electron chi connectivity index (χ2n) is 5.28. The van der Waals surface area contributed by atoms with Gasteiger partial charge in [0.2, 0.25) is 5.91 Å². The van der Waals surface area contributed by atoms with Gasteiger partial charge in [-0.1, -0.05) is 18.2 Å². The van der Waals surface area contributed by atoms with E-state index in [1.807, 2.05) is 41.0 Å². The summed E-state index contributed by atoms with van der Waals surface area (Å²) in [5.41, 5.74) is 3.45. The van der Waals surface area contributed by atoms with Gasteiger partial charge in [0.1, 0.15) is 0 Å². The van der Waals surface area contributed by atoms with Crippen LogP contribution in [0, 0.1) is 0 Å². The van der Waals surface area contributed by atoms with E-state index in [1.165, 1.54) is 5.69 Å². The number of nitrogens with one attached hydrogen (secondary N) is 1. The predicted molar refractivity (Wildman–Crippen MR) is 81.2 cm³/mol. The average molecular weight is 284 g/mol. The van der Waals surface area contributed by atoms with E-state index in [0.29, 0.717) is 13.0 Å². The molecule has 3 rings (SSSR count). The molecular formula is C16H20N4O. The van der Waals surface area contributed by atoms with Crippen molar-refractivity contribution in [2.45, 2.75) is 19.4 Å². The Kier molecular flexibility index (Phi) is 4.01. The van der Waals surface area contributed by atoms with Crippen LogP contribution in [0.5, 0.6) is 0 Å². The second-order valence-corrected chi connectivity index (χ2v) is 5.28. The minimum Gasteiger partial charge on any atom is -0.338 e. The number of carbonyl (C=O) groups excluding carboxylic acids is 1. The molecule has 0 unspecified atom stereocenters. The summed E-state index contributed by atoms with van der Waals surface area (Å²) in [6.07, 6.45) is 3.30. The lowest BCUT2D eigenvalue weighted by atomic mass is 10.1. The largest absolute Gasteiger partial charge is 0.338 e. The van der Waals surface area contributed by atoms with Crippen molar-refractivity contribution >= 4 is 5.91 Å². The number of nitrogens with zero attached hydrogens (tertiary/aromatic N) is 3. The van der Waals surface area contributed by atoms with Gasteiger partial charge in [0.15, 0.2) is 0 Å². The molecule has 5 heteroatoms. The molecule has 0 bridgehead atoms. The first-order valence-electron chi connectivity index (χ1n) is 7.33. The molecule has 0 radical (unpaired) electrons. The first kappa shape index (κ1) is 13.8. The molecule has 0 saturated carbocycles. The molecule has 110 valence electrons. The molecule has 0 atom stereocenters. The zero-order chi connectivity index (χ0) is 14.7. The van der Waals surface area contributed by atoms with Crippen LogP contribution in [0.2, 0.25) is 0 Å².